The number of halogens is 4. The number of nitro benzene ring substituents is 2. The SMILES string of the molecule is NC1CC1.Nc1c(Cl)cccc1NC1CC1.O=[N+]([O-])c1c(Cl)cccc1NC1CC1.O=[N+]([O-])c1c(F)cccc1Cl. The molecule has 6 N–H and O–H groups in total. The van der Waals surface area contributed by atoms with Gasteiger partial charge >= 0.3 is 11.4 Å². The van der Waals surface area contributed by atoms with E-state index >= 15 is 0 Å². The van der Waals surface area contributed by atoms with Gasteiger partial charge in [-0.1, -0.05) is 53.0 Å². The number of hydrogen-bond acceptors (Lipinski definition) is 8. The molecule has 0 radical (unpaired) electrons. The maximum absolute atomic E-state index is 12.6. The van der Waals surface area contributed by atoms with Crippen molar-refractivity contribution in [2.24, 2.45) is 5.73 Å². The summed E-state index contributed by atoms with van der Waals surface area (Å²) in [6.07, 6.45) is 7.16. The molecule has 0 unspecified atom stereocenters. The third-order valence-corrected chi connectivity index (χ3v) is 6.78. The molecule has 0 heterocycles. The lowest BCUT2D eigenvalue weighted by Gasteiger charge is -2.08. The van der Waals surface area contributed by atoms with E-state index in [2.05, 4.69) is 10.6 Å². The molecule has 0 bridgehead atoms. The molecule has 3 aliphatic carbocycles. The molecular formula is C27H30Cl3FN6O4. The molecule has 3 aromatic carbocycles. The van der Waals surface area contributed by atoms with Crippen LogP contribution in [-0.2, 0) is 0 Å². The molecule has 0 aromatic heterocycles. The highest BCUT2D eigenvalue weighted by atomic mass is 35.5. The Hall–Kier alpha value is -3.38. The number of rotatable bonds is 6. The fourth-order valence-corrected chi connectivity index (χ4v) is 3.79. The molecule has 0 spiro atoms. The zero-order chi connectivity index (χ0) is 30.1. The lowest BCUT2D eigenvalue weighted by molar-refractivity contribution is -0.387. The van der Waals surface area contributed by atoms with Gasteiger partial charge in [-0.05, 0) is 74.9 Å². The zero-order valence-corrected chi connectivity index (χ0v) is 24.1. The molecular weight excluding hydrogens is 598 g/mol. The van der Waals surface area contributed by atoms with Crippen LogP contribution in [0.4, 0.5) is 32.8 Å². The average Bonchev–Trinajstić information content (AvgIpc) is 3.74. The van der Waals surface area contributed by atoms with Crippen LogP contribution in [0.5, 0.6) is 0 Å². The molecule has 3 fully saturated rings. The first-order chi connectivity index (χ1) is 19.5. The van der Waals surface area contributed by atoms with E-state index in [9.17, 15) is 24.6 Å². The minimum Gasteiger partial charge on any atom is -0.396 e. The smallest absolute Gasteiger partial charge is 0.323 e. The van der Waals surface area contributed by atoms with Crippen molar-refractivity contribution in [2.45, 2.75) is 56.7 Å². The number of nitrogens with two attached hydrogens (primary N) is 2. The number of nitrogens with one attached hydrogen (secondary N) is 2. The summed E-state index contributed by atoms with van der Waals surface area (Å²) in [6.45, 7) is 0. The van der Waals surface area contributed by atoms with E-state index in [0.717, 1.165) is 24.6 Å². The number of benzene rings is 3. The summed E-state index contributed by atoms with van der Waals surface area (Å²) in [5, 5.41) is 27.9. The van der Waals surface area contributed by atoms with Crippen molar-refractivity contribution in [2.75, 3.05) is 16.4 Å². The van der Waals surface area contributed by atoms with Crippen molar-refractivity contribution < 1.29 is 14.2 Å². The number of para-hydroxylation sites is 3. The van der Waals surface area contributed by atoms with Gasteiger partial charge in [-0.25, -0.2) is 0 Å². The summed E-state index contributed by atoms with van der Waals surface area (Å²) in [7, 11) is 0. The topological polar surface area (TPSA) is 162 Å². The highest BCUT2D eigenvalue weighted by Crippen LogP contribution is 2.35. The highest BCUT2D eigenvalue weighted by molar-refractivity contribution is 6.34. The maximum atomic E-state index is 12.6. The largest absolute Gasteiger partial charge is 0.396 e. The van der Waals surface area contributed by atoms with Crippen molar-refractivity contribution in [3.8, 4) is 0 Å². The number of nitrogen functional groups attached to an aromatic ring is 1. The number of hydrogen-bond donors (Lipinski definition) is 4. The van der Waals surface area contributed by atoms with Gasteiger partial charge in [0.2, 0.25) is 5.82 Å². The minimum absolute atomic E-state index is 0.0268. The quantitative estimate of drug-likeness (QED) is 0.122. The molecule has 14 heteroatoms. The first-order valence-corrected chi connectivity index (χ1v) is 13.9. The van der Waals surface area contributed by atoms with Crippen LogP contribution in [-0.4, -0.2) is 28.0 Å². The van der Waals surface area contributed by atoms with Gasteiger partial charge in [0.05, 0.1) is 26.2 Å². The lowest BCUT2D eigenvalue weighted by atomic mass is 10.2. The van der Waals surface area contributed by atoms with Gasteiger partial charge in [0.15, 0.2) is 0 Å². The van der Waals surface area contributed by atoms with Crippen molar-refractivity contribution in [1.82, 2.24) is 0 Å². The van der Waals surface area contributed by atoms with E-state index in [1.165, 1.54) is 43.9 Å². The summed E-state index contributed by atoms with van der Waals surface area (Å²) in [5.74, 6) is -0.914. The first-order valence-electron chi connectivity index (χ1n) is 12.8. The molecule has 3 saturated carbocycles. The van der Waals surface area contributed by atoms with Gasteiger partial charge in [0.25, 0.3) is 0 Å². The molecule has 10 nitrogen and oxygen atoms in total. The van der Waals surface area contributed by atoms with Crippen LogP contribution in [0, 0.1) is 26.0 Å². The van der Waals surface area contributed by atoms with Crippen molar-refractivity contribution in [1.29, 1.82) is 0 Å². The van der Waals surface area contributed by atoms with Crippen LogP contribution in [0.1, 0.15) is 38.5 Å². The Morgan fingerprint density at radius 1 is 0.707 bits per heavy atom. The summed E-state index contributed by atoms with van der Waals surface area (Å²) in [6, 6.07) is 15.7. The number of nitrogens with zero attached hydrogens (tertiary/aromatic N) is 2. The van der Waals surface area contributed by atoms with E-state index in [-0.39, 0.29) is 15.7 Å². The van der Waals surface area contributed by atoms with Crippen molar-refractivity contribution in [3.05, 3.63) is 95.7 Å². The second-order valence-corrected chi connectivity index (χ2v) is 10.8. The normalized spacial score (nSPS) is 15.0. The summed E-state index contributed by atoms with van der Waals surface area (Å²) in [5.41, 5.74) is 12.4. The molecule has 0 saturated heterocycles. The monoisotopic (exact) mass is 626 g/mol. The molecule has 220 valence electrons. The predicted molar refractivity (Wildman–Crippen MR) is 163 cm³/mol. The van der Waals surface area contributed by atoms with Crippen LogP contribution < -0.4 is 22.1 Å². The van der Waals surface area contributed by atoms with E-state index in [4.69, 9.17) is 46.3 Å². The Kier molecular flexibility index (Phi) is 11.8. The van der Waals surface area contributed by atoms with Gasteiger partial charge < -0.3 is 22.1 Å². The van der Waals surface area contributed by atoms with Crippen LogP contribution in [0.3, 0.4) is 0 Å². The first kappa shape index (κ1) is 32.1. The Morgan fingerprint density at radius 3 is 1.54 bits per heavy atom. The Labute approximate surface area is 251 Å². The van der Waals surface area contributed by atoms with Gasteiger partial charge in [-0.2, -0.15) is 4.39 Å². The summed E-state index contributed by atoms with van der Waals surface area (Å²) in [4.78, 5) is 19.5. The lowest BCUT2D eigenvalue weighted by Crippen LogP contribution is -2.04. The van der Waals surface area contributed by atoms with Crippen molar-refractivity contribution >= 4 is 63.2 Å². The molecule has 3 aromatic rings. The Morgan fingerprint density at radius 2 is 1.12 bits per heavy atom. The fourth-order valence-electron chi connectivity index (χ4n) is 3.14. The molecule has 6 rings (SSSR count). The minimum atomic E-state index is -0.914. The number of anilines is 3. The highest BCUT2D eigenvalue weighted by Gasteiger charge is 2.26. The predicted octanol–water partition coefficient (Wildman–Crippen LogP) is 7.81. The summed E-state index contributed by atoms with van der Waals surface area (Å²) >= 11 is 16.9. The standard InChI is InChI=1S/C9H9ClN2O2.C9H11ClN2.C6H3ClFNO2.C3H7N/c10-7-2-1-3-8(9(7)12(13)14)11-6-4-5-6;10-7-2-1-3-8(9(7)11)12-6-4-5-6;7-4-2-1-3-5(8)6(4)9(10)11;4-3-1-2-3/h1-3,6,11H,4-5H2;1-3,6,12H,4-5,11H2;1-3H;3H,1-2,4H2. The molecule has 41 heavy (non-hydrogen) atoms. The van der Waals surface area contributed by atoms with Crippen molar-refractivity contribution in [3.63, 3.8) is 0 Å². The van der Waals surface area contributed by atoms with Crippen LogP contribution >= 0.6 is 34.8 Å². The van der Waals surface area contributed by atoms with Gasteiger partial charge in [-0.3, -0.25) is 20.2 Å². The van der Waals surface area contributed by atoms with Gasteiger partial charge in [0.1, 0.15) is 15.7 Å². The van der Waals surface area contributed by atoms with Crippen LogP contribution in [0.15, 0.2) is 54.6 Å². The molecule has 0 amide bonds. The zero-order valence-electron chi connectivity index (χ0n) is 21.9. The molecule has 3 aliphatic rings. The Balaban J connectivity index is 0.000000159. The maximum Gasteiger partial charge on any atom is 0.323 e. The molecule has 0 atom stereocenters. The fraction of sp³-hybridized carbons (Fsp3) is 0.333. The van der Waals surface area contributed by atoms with Crippen LogP contribution in [0.2, 0.25) is 15.1 Å². The Bertz CT molecular complexity index is 1350. The number of nitro groups is 2. The average molecular weight is 628 g/mol. The van der Waals surface area contributed by atoms with E-state index in [1.54, 1.807) is 18.2 Å². The van der Waals surface area contributed by atoms with E-state index in [0.29, 0.717) is 34.5 Å². The summed E-state index contributed by atoms with van der Waals surface area (Å²) < 4.78 is 12.6. The van der Waals surface area contributed by atoms with E-state index in [1.807, 2.05) is 12.1 Å². The second kappa shape index (κ2) is 15.0. The van der Waals surface area contributed by atoms with Crippen LogP contribution in [0.25, 0.3) is 0 Å². The second-order valence-electron chi connectivity index (χ2n) is 9.60. The van der Waals surface area contributed by atoms with Gasteiger partial charge in [-0.15, -0.1) is 0 Å². The van der Waals surface area contributed by atoms with Gasteiger partial charge in [0, 0.05) is 18.1 Å². The third kappa shape index (κ3) is 10.8. The van der Waals surface area contributed by atoms with E-state index < -0.39 is 21.4 Å². The third-order valence-electron chi connectivity index (χ3n) is 5.84. The molecule has 0 aliphatic heterocycles.